The second-order valence-electron chi connectivity index (χ2n) is 6.55. The SMILES string of the molecule is O=C(Nc1cccc(F)c1)c1nnc(C2CCCN2C(=O)c2ccccc2F)s1. The van der Waals surface area contributed by atoms with Crippen LogP contribution in [0.1, 0.15) is 44.1 Å². The quantitative estimate of drug-likeness (QED) is 0.699. The van der Waals surface area contributed by atoms with Gasteiger partial charge in [-0.1, -0.05) is 29.5 Å². The number of carbonyl (C=O) groups excluding carboxylic acids is 2. The number of hydrogen-bond acceptors (Lipinski definition) is 5. The number of anilines is 1. The number of rotatable bonds is 4. The van der Waals surface area contributed by atoms with Crippen molar-refractivity contribution in [2.45, 2.75) is 18.9 Å². The second kappa shape index (κ2) is 8.04. The van der Waals surface area contributed by atoms with Gasteiger partial charge < -0.3 is 10.2 Å². The third kappa shape index (κ3) is 4.00. The van der Waals surface area contributed by atoms with Crippen LogP contribution >= 0.6 is 11.3 Å². The van der Waals surface area contributed by atoms with E-state index in [9.17, 15) is 18.4 Å². The number of likely N-dealkylation sites (tertiary alicyclic amines) is 1. The molecule has 2 amide bonds. The monoisotopic (exact) mass is 414 g/mol. The first-order chi connectivity index (χ1) is 14.0. The van der Waals surface area contributed by atoms with Gasteiger partial charge >= 0.3 is 0 Å². The summed E-state index contributed by atoms with van der Waals surface area (Å²) in [6.07, 6.45) is 1.40. The van der Waals surface area contributed by atoms with Crippen molar-refractivity contribution in [1.82, 2.24) is 15.1 Å². The number of carbonyl (C=O) groups is 2. The van der Waals surface area contributed by atoms with Crippen molar-refractivity contribution in [2.24, 2.45) is 0 Å². The average Bonchev–Trinajstić information content (AvgIpc) is 3.37. The molecule has 0 aliphatic carbocycles. The van der Waals surface area contributed by atoms with Crippen LogP contribution in [0.3, 0.4) is 0 Å². The molecule has 1 aliphatic rings. The molecule has 0 bridgehead atoms. The molecule has 6 nitrogen and oxygen atoms in total. The van der Waals surface area contributed by atoms with E-state index in [0.29, 0.717) is 23.7 Å². The Kier molecular flexibility index (Phi) is 5.30. The number of hydrogen-bond donors (Lipinski definition) is 1. The van der Waals surface area contributed by atoms with E-state index in [0.717, 1.165) is 17.8 Å². The van der Waals surface area contributed by atoms with E-state index in [4.69, 9.17) is 0 Å². The minimum absolute atomic E-state index is 0.00739. The lowest BCUT2D eigenvalue weighted by Gasteiger charge is -2.23. The van der Waals surface area contributed by atoms with E-state index in [1.54, 1.807) is 17.0 Å². The van der Waals surface area contributed by atoms with Gasteiger partial charge in [-0.05, 0) is 43.2 Å². The fraction of sp³-hybridized carbons (Fsp3) is 0.200. The third-order valence-corrected chi connectivity index (χ3v) is 5.64. The maximum atomic E-state index is 14.0. The molecule has 1 N–H and O–H groups in total. The molecule has 2 heterocycles. The van der Waals surface area contributed by atoms with Crippen molar-refractivity contribution in [1.29, 1.82) is 0 Å². The van der Waals surface area contributed by atoms with Crippen molar-refractivity contribution in [3.63, 3.8) is 0 Å². The van der Waals surface area contributed by atoms with E-state index in [1.165, 1.54) is 36.4 Å². The summed E-state index contributed by atoms with van der Waals surface area (Å²) in [5.74, 6) is -1.96. The normalized spacial score (nSPS) is 16.1. The zero-order chi connectivity index (χ0) is 20.4. The molecule has 4 rings (SSSR count). The van der Waals surface area contributed by atoms with Crippen LogP contribution in [0.15, 0.2) is 48.5 Å². The van der Waals surface area contributed by atoms with Crippen LogP contribution in [-0.4, -0.2) is 33.5 Å². The number of nitrogens with zero attached hydrogens (tertiary/aromatic N) is 3. The number of halogens is 2. The molecular weight excluding hydrogens is 398 g/mol. The summed E-state index contributed by atoms with van der Waals surface area (Å²) in [4.78, 5) is 26.7. The van der Waals surface area contributed by atoms with Gasteiger partial charge in [0.05, 0.1) is 11.6 Å². The Bertz CT molecular complexity index is 1070. The molecule has 1 unspecified atom stereocenters. The third-order valence-electron chi connectivity index (χ3n) is 4.62. The largest absolute Gasteiger partial charge is 0.329 e. The minimum atomic E-state index is -0.574. The maximum absolute atomic E-state index is 14.0. The number of benzene rings is 2. The molecule has 1 atom stereocenters. The molecule has 1 saturated heterocycles. The number of aromatic nitrogens is 2. The van der Waals surface area contributed by atoms with Gasteiger partial charge in [-0.3, -0.25) is 9.59 Å². The highest BCUT2D eigenvalue weighted by Gasteiger charge is 2.34. The van der Waals surface area contributed by atoms with Crippen molar-refractivity contribution in [3.8, 4) is 0 Å². The van der Waals surface area contributed by atoms with Gasteiger partial charge in [0.25, 0.3) is 11.8 Å². The lowest BCUT2D eigenvalue weighted by molar-refractivity contribution is 0.0730. The van der Waals surface area contributed by atoms with Crippen LogP contribution in [0, 0.1) is 11.6 Å². The fourth-order valence-corrected chi connectivity index (χ4v) is 4.15. The van der Waals surface area contributed by atoms with Crippen LogP contribution in [0.5, 0.6) is 0 Å². The molecule has 9 heteroatoms. The summed E-state index contributed by atoms with van der Waals surface area (Å²) in [5, 5.41) is 11.2. The molecule has 2 aromatic carbocycles. The van der Waals surface area contributed by atoms with Gasteiger partial charge in [-0.2, -0.15) is 0 Å². The molecule has 29 heavy (non-hydrogen) atoms. The maximum Gasteiger partial charge on any atom is 0.286 e. The summed E-state index contributed by atoms with van der Waals surface area (Å²) in [6, 6.07) is 11.0. The lowest BCUT2D eigenvalue weighted by Crippen LogP contribution is -2.31. The summed E-state index contributed by atoms with van der Waals surface area (Å²) in [7, 11) is 0. The van der Waals surface area contributed by atoms with Crippen molar-refractivity contribution in [3.05, 3.63) is 75.7 Å². The predicted octanol–water partition coefficient (Wildman–Crippen LogP) is 4.05. The molecule has 1 aromatic heterocycles. The zero-order valence-corrected chi connectivity index (χ0v) is 16.0. The Morgan fingerprint density at radius 2 is 1.93 bits per heavy atom. The summed E-state index contributed by atoms with van der Waals surface area (Å²) < 4.78 is 27.3. The Balaban J connectivity index is 1.51. The highest BCUT2D eigenvalue weighted by atomic mass is 32.1. The average molecular weight is 414 g/mol. The zero-order valence-electron chi connectivity index (χ0n) is 15.1. The van der Waals surface area contributed by atoms with Crippen molar-refractivity contribution < 1.29 is 18.4 Å². The van der Waals surface area contributed by atoms with Crippen molar-refractivity contribution in [2.75, 3.05) is 11.9 Å². The van der Waals surface area contributed by atoms with Gasteiger partial charge in [-0.25, -0.2) is 8.78 Å². The van der Waals surface area contributed by atoms with Gasteiger partial charge in [0.15, 0.2) is 0 Å². The van der Waals surface area contributed by atoms with Crippen LogP contribution < -0.4 is 5.32 Å². The van der Waals surface area contributed by atoms with Gasteiger partial charge in [0.1, 0.15) is 16.6 Å². The summed E-state index contributed by atoms with van der Waals surface area (Å²) >= 11 is 1.07. The van der Waals surface area contributed by atoms with Gasteiger partial charge in [-0.15, -0.1) is 10.2 Å². The standard InChI is InChI=1S/C20H16F2N4O2S/c21-12-5-3-6-13(11-12)23-17(27)19-25-24-18(29-19)16-9-4-10-26(16)20(28)14-7-1-2-8-15(14)22/h1-3,5-8,11,16H,4,9-10H2,(H,23,27). The Labute approximate surface area is 169 Å². The van der Waals surface area contributed by atoms with E-state index >= 15 is 0 Å². The first kappa shape index (κ1) is 19.1. The Morgan fingerprint density at radius 1 is 1.10 bits per heavy atom. The van der Waals surface area contributed by atoms with Gasteiger partial charge in [0.2, 0.25) is 5.01 Å². The summed E-state index contributed by atoms with van der Waals surface area (Å²) in [6.45, 7) is 0.474. The molecule has 148 valence electrons. The van der Waals surface area contributed by atoms with Crippen LogP contribution in [0.4, 0.5) is 14.5 Å². The number of nitrogens with one attached hydrogen (secondary N) is 1. The fourth-order valence-electron chi connectivity index (χ4n) is 3.27. The Morgan fingerprint density at radius 3 is 2.72 bits per heavy atom. The molecule has 0 radical (unpaired) electrons. The lowest BCUT2D eigenvalue weighted by atomic mass is 10.1. The van der Waals surface area contributed by atoms with Crippen molar-refractivity contribution >= 4 is 28.8 Å². The van der Waals surface area contributed by atoms with Crippen LogP contribution in [0.25, 0.3) is 0 Å². The summed E-state index contributed by atoms with van der Waals surface area (Å²) in [5.41, 5.74) is 0.317. The topological polar surface area (TPSA) is 75.2 Å². The number of amides is 2. The second-order valence-corrected chi connectivity index (χ2v) is 7.56. The molecule has 3 aromatic rings. The predicted molar refractivity (Wildman–Crippen MR) is 104 cm³/mol. The molecular formula is C20H16F2N4O2S. The van der Waals surface area contributed by atoms with E-state index < -0.39 is 23.4 Å². The van der Waals surface area contributed by atoms with Gasteiger partial charge in [0, 0.05) is 12.2 Å². The first-order valence-electron chi connectivity index (χ1n) is 8.99. The van der Waals surface area contributed by atoms with Crippen LogP contribution in [-0.2, 0) is 0 Å². The Hall–Kier alpha value is -3.20. The first-order valence-corrected chi connectivity index (χ1v) is 9.80. The smallest absolute Gasteiger partial charge is 0.286 e. The van der Waals surface area contributed by atoms with E-state index in [-0.39, 0.29) is 16.6 Å². The minimum Gasteiger partial charge on any atom is -0.329 e. The highest BCUT2D eigenvalue weighted by Crippen LogP contribution is 2.35. The molecule has 0 spiro atoms. The van der Waals surface area contributed by atoms with E-state index in [1.807, 2.05) is 0 Å². The molecule has 1 fully saturated rings. The highest BCUT2D eigenvalue weighted by molar-refractivity contribution is 7.13. The molecule has 1 aliphatic heterocycles. The molecule has 0 saturated carbocycles. The van der Waals surface area contributed by atoms with E-state index in [2.05, 4.69) is 15.5 Å². The van der Waals surface area contributed by atoms with Crippen LogP contribution in [0.2, 0.25) is 0 Å².